The first-order valence-electron chi connectivity index (χ1n) is 7.07. The van der Waals surface area contributed by atoms with Crippen LogP contribution in [0.2, 0.25) is 10.0 Å². The van der Waals surface area contributed by atoms with Crippen LogP contribution in [0.3, 0.4) is 0 Å². The average Bonchev–Trinajstić information content (AvgIpc) is 3.03. The van der Waals surface area contributed by atoms with Gasteiger partial charge in [-0.05, 0) is 36.4 Å². The molecule has 0 amide bonds. The summed E-state index contributed by atoms with van der Waals surface area (Å²) in [6.45, 7) is 0. The Morgan fingerprint density at radius 3 is 2.69 bits per heavy atom. The van der Waals surface area contributed by atoms with E-state index in [-0.39, 0.29) is 5.82 Å². The SMILES string of the molecule is O=c1[nH]c(/C=C\c2ccc(-c3cccc(Cl)c3Cl)o2)nc(O)c1[N+](=O)[O-]. The highest BCUT2D eigenvalue weighted by Gasteiger charge is 2.21. The van der Waals surface area contributed by atoms with Gasteiger partial charge in [-0.15, -0.1) is 0 Å². The third-order valence-electron chi connectivity index (χ3n) is 3.33. The van der Waals surface area contributed by atoms with Gasteiger partial charge < -0.3 is 14.5 Å². The largest absolute Gasteiger partial charge is 0.488 e. The zero-order valence-electron chi connectivity index (χ0n) is 12.8. The maximum atomic E-state index is 11.6. The van der Waals surface area contributed by atoms with Gasteiger partial charge in [-0.3, -0.25) is 14.9 Å². The monoisotopic (exact) mass is 393 g/mol. The van der Waals surface area contributed by atoms with Crippen LogP contribution in [0.5, 0.6) is 5.88 Å². The van der Waals surface area contributed by atoms with Gasteiger partial charge in [0.25, 0.3) is 5.88 Å². The van der Waals surface area contributed by atoms with E-state index >= 15 is 0 Å². The van der Waals surface area contributed by atoms with Crippen molar-refractivity contribution in [2.24, 2.45) is 0 Å². The molecule has 1 aromatic carbocycles. The summed E-state index contributed by atoms with van der Waals surface area (Å²) in [4.78, 5) is 27.0. The molecule has 0 aliphatic carbocycles. The lowest BCUT2D eigenvalue weighted by Crippen LogP contribution is -2.14. The molecule has 3 rings (SSSR count). The van der Waals surface area contributed by atoms with E-state index in [9.17, 15) is 20.0 Å². The number of aromatic amines is 1. The number of nitrogens with zero attached hydrogens (tertiary/aromatic N) is 2. The minimum Gasteiger partial charge on any atom is -0.488 e. The van der Waals surface area contributed by atoms with Crippen molar-refractivity contribution < 1.29 is 14.4 Å². The molecule has 0 aliphatic rings. The molecule has 2 heterocycles. The molecule has 0 aliphatic heterocycles. The standard InChI is InChI=1S/C16H9Cl2N3O5/c17-10-3-1-2-9(13(10)18)11-6-4-8(26-11)5-7-12-19-15(22)14(21(24)25)16(23)20-12/h1-7H,(H2,19,20,22,23)/b7-5-. The van der Waals surface area contributed by atoms with E-state index in [0.717, 1.165) is 0 Å². The third-order valence-corrected chi connectivity index (χ3v) is 4.15. The quantitative estimate of drug-likeness (QED) is 0.507. The molecule has 2 aromatic heterocycles. The summed E-state index contributed by atoms with van der Waals surface area (Å²) in [6.07, 6.45) is 2.79. The van der Waals surface area contributed by atoms with Gasteiger partial charge in [-0.2, -0.15) is 4.98 Å². The fourth-order valence-corrected chi connectivity index (χ4v) is 2.55. The van der Waals surface area contributed by atoms with E-state index in [1.165, 1.54) is 12.2 Å². The van der Waals surface area contributed by atoms with Crippen molar-refractivity contribution in [2.45, 2.75) is 0 Å². The number of nitrogens with one attached hydrogen (secondary N) is 1. The third kappa shape index (κ3) is 3.46. The van der Waals surface area contributed by atoms with E-state index in [2.05, 4.69) is 9.97 Å². The second kappa shape index (κ2) is 7.03. The molecule has 0 spiro atoms. The lowest BCUT2D eigenvalue weighted by atomic mass is 10.2. The first kappa shape index (κ1) is 17.7. The van der Waals surface area contributed by atoms with Crippen LogP contribution < -0.4 is 5.56 Å². The second-order valence-corrected chi connectivity index (χ2v) is 5.80. The Morgan fingerprint density at radius 1 is 1.23 bits per heavy atom. The molecule has 0 saturated heterocycles. The zero-order valence-corrected chi connectivity index (χ0v) is 14.3. The molecule has 0 atom stereocenters. The number of aromatic nitrogens is 2. The van der Waals surface area contributed by atoms with Gasteiger partial charge in [0.05, 0.1) is 15.0 Å². The number of hydrogen-bond acceptors (Lipinski definition) is 6. The first-order chi connectivity index (χ1) is 12.4. The van der Waals surface area contributed by atoms with Crippen molar-refractivity contribution in [3.05, 3.63) is 72.4 Å². The van der Waals surface area contributed by atoms with Crippen molar-refractivity contribution in [2.75, 3.05) is 0 Å². The predicted octanol–water partition coefficient (Wildman–Crippen LogP) is 4.12. The minimum atomic E-state index is -1.06. The summed E-state index contributed by atoms with van der Waals surface area (Å²) in [7, 11) is 0. The normalized spacial score (nSPS) is 11.2. The van der Waals surface area contributed by atoms with Crippen LogP contribution in [0.15, 0.2) is 39.5 Å². The van der Waals surface area contributed by atoms with Crippen LogP contribution in [0.1, 0.15) is 11.6 Å². The van der Waals surface area contributed by atoms with Crippen LogP contribution >= 0.6 is 23.2 Å². The van der Waals surface area contributed by atoms with Crippen LogP contribution in [-0.4, -0.2) is 20.0 Å². The van der Waals surface area contributed by atoms with Gasteiger partial charge >= 0.3 is 11.2 Å². The van der Waals surface area contributed by atoms with Crippen molar-refractivity contribution in [3.63, 3.8) is 0 Å². The molecule has 26 heavy (non-hydrogen) atoms. The summed E-state index contributed by atoms with van der Waals surface area (Å²) < 4.78 is 5.63. The Kier molecular flexibility index (Phi) is 4.79. The molecule has 8 nitrogen and oxygen atoms in total. The number of benzene rings is 1. The smallest absolute Gasteiger partial charge is 0.395 e. The van der Waals surface area contributed by atoms with Gasteiger partial charge in [0.2, 0.25) is 0 Å². The number of hydrogen-bond donors (Lipinski definition) is 2. The maximum absolute atomic E-state index is 11.6. The topological polar surface area (TPSA) is 122 Å². The highest BCUT2D eigenvalue weighted by molar-refractivity contribution is 6.43. The molecule has 10 heteroatoms. The minimum absolute atomic E-state index is 0.0724. The number of aromatic hydroxyl groups is 1. The second-order valence-electron chi connectivity index (χ2n) is 5.02. The summed E-state index contributed by atoms with van der Waals surface area (Å²) in [5.41, 5.74) is -1.47. The van der Waals surface area contributed by atoms with Gasteiger partial charge in [-0.1, -0.05) is 29.3 Å². The predicted molar refractivity (Wildman–Crippen MR) is 96.3 cm³/mol. The first-order valence-corrected chi connectivity index (χ1v) is 7.82. The van der Waals surface area contributed by atoms with Crippen LogP contribution in [0, 0.1) is 10.1 Å². The Hall–Kier alpha value is -3.10. The summed E-state index contributed by atoms with van der Waals surface area (Å²) in [5.74, 6) is -0.164. The Labute approximate surface area is 155 Å². The summed E-state index contributed by atoms with van der Waals surface area (Å²) >= 11 is 12.1. The van der Waals surface area contributed by atoms with Crippen molar-refractivity contribution in [1.29, 1.82) is 0 Å². The lowest BCUT2D eigenvalue weighted by Gasteiger charge is -2.01. The molecule has 132 valence electrons. The fourth-order valence-electron chi connectivity index (χ4n) is 2.16. The Balaban J connectivity index is 1.89. The fraction of sp³-hybridized carbons (Fsp3) is 0. The maximum Gasteiger partial charge on any atom is 0.395 e. The van der Waals surface area contributed by atoms with Crippen molar-refractivity contribution in [3.8, 4) is 17.2 Å². The van der Waals surface area contributed by atoms with E-state index in [1.807, 2.05) is 0 Å². The molecule has 0 bridgehead atoms. The number of rotatable bonds is 4. The van der Waals surface area contributed by atoms with Crippen molar-refractivity contribution >= 4 is 41.0 Å². The highest BCUT2D eigenvalue weighted by atomic mass is 35.5. The van der Waals surface area contributed by atoms with Gasteiger partial charge in [-0.25, -0.2) is 0 Å². The van der Waals surface area contributed by atoms with Crippen LogP contribution in [-0.2, 0) is 0 Å². The lowest BCUT2D eigenvalue weighted by molar-refractivity contribution is -0.387. The van der Waals surface area contributed by atoms with Crippen LogP contribution in [0.4, 0.5) is 5.69 Å². The molecule has 3 aromatic rings. The number of nitro groups is 1. The molecule has 2 N–H and O–H groups in total. The number of H-pyrrole nitrogens is 1. The average molecular weight is 394 g/mol. The Morgan fingerprint density at radius 2 is 2.00 bits per heavy atom. The summed E-state index contributed by atoms with van der Waals surface area (Å²) in [6, 6.07) is 8.46. The van der Waals surface area contributed by atoms with E-state index in [4.69, 9.17) is 27.6 Å². The van der Waals surface area contributed by atoms with Gasteiger partial charge in [0.15, 0.2) is 0 Å². The molecule has 0 saturated carbocycles. The zero-order chi connectivity index (χ0) is 18.8. The number of halogens is 2. The van der Waals surface area contributed by atoms with E-state index in [0.29, 0.717) is 27.1 Å². The van der Waals surface area contributed by atoms with E-state index in [1.54, 1.807) is 30.3 Å². The van der Waals surface area contributed by atoms with Gasteiger partial charge in [0, 0.05) is 5.56 Å². The van der Waals surface area contributed by atoms with Crippen LogP contribution in [0.25, 0.3) is 23.5 Å². The molecular weight excluding hydrogens is 385 g/mol. The highest BCUT2D eigenvalue weighted by Crippen LogP contribution is 2.34. The number of furan rings is 1. The summed E-state index contributed by atoms with van der Waals surface area (Å²) in [5, 5.41) is 20.9. The molecule has 0 fully saturated rings. The molecule has 0 unspecified atom stereocenters. The Bertz CT molecular complexity index is 1090. The van der Waals surface area contributed by atoms with Crippen molar-refractivity contribution in [1.82, 2.24) is 9.97 Å². The van der Waals surface area contributed by atoms with Gasteiger partial charge in [0.1, 0.15) is 17.3 Å². The molecular formula is C16H9Cl2N3O5. The van der Waals surface area contributed by atoms with E-state index < -0.39 is 22.0 Å². The molecule has 0 radical (unpaired) electrons.